The minimum atomic E-state index is -0.841. The molecule has 0 aliphatic heterocycles. The van der Waals surface area contributed by atoms with E-state index < -0.39 is 12.1 Å². The normalized spacial score (nSPS) is 13.3. The predicted molar refractivity (Wildman–Crippen MR) is 299 cm³/mol. The zero-order valence-electron chi connectivity index (χ0n) is 44.9. The molecule has 0 aromatic carbocycles. The van der Waals surface area contributed by atoms with Crippen LogP contribution in [0.4, 0.5) is 0 Å². The summed E-state index contributed by atoms with van der Waals surface area (Å²) in [6, 6.07) is -0.624. The van der Waals surface area contributed by atoms with Gasteiger partial charge >= 0.3 is 0 Å². The lowest BCUT2D eigenvalue weighted by Gasteiger charge is -2.20. The molecule has 3 N–H and O–H groups in total. The van der Waals surface area contributed by atoms with Gasteiger partial charge in [0.05, 0.1) is 18.8 Å². The average Bonchev–Trinajstić information content (AvgIpc) is 3.33. The summed E-state index contributed by atoms with van der Waals surface area (Å²) in [6.45, 7) is 4.22. The van der Waals surface area contributed by atoms with Crippen LogP contribution in [0.3, 0.4) is 0 Å². The van der Waals surface area contributed by atoms with Gasteiger partial charge in [0.2, 0.25) is 5.91 Å². The highest BCUT2D eigenvalue weighted by molar-refractivity contribution is 5.76. The maximum atomic E-state index is 12.5. The van der Waals surface area contributed by atoms with Crippen LogP contribution in [-0.4, -0.2) is 34.9 Å². The summed E-state index contributed by atoms with van der Waals surface area (Å²) in [5.41, 5.74) is 0. The first-order chi connectivity index (χ1) is 33.2. The van der Waals surface area contributed by atoms with Gasteiger partial charge < -0.3 is 15.5 Å². The van der Waals surface area contributed by atoms with Crippen molar-refractivity contribution in [1.29, 1.82) is 0 Å². The van der Waals surface area contributed by atoms with Crippen molar-refractivity contribution in [2.45, 2.75) is 315 Å². The maximum absolute atomic E-state index is 12.5. The van der Waals surface area contributed by atoms with Crippen molar-refractivity contribution >= 4 is 5.91 Å². The van der Waals surface area contributed by atoms with Crippen LogP contribution in [0.25, 0.3) is 0 Å². The highest BCUT2D eigenvalue weighted by atomic mass is 16.3. The van der Waals surface area contributed by atoms with E-state index in [1.807, 2.05) is 6.08 Å². The molecule has 0 fully saturated rings. The van der Waals surface area contributed by atoms with Gasteiger partial charge in [0, 0.05) is 6.42 Å². The second-order valence-electron chi connectivity index (χ2n) is 20.0. The molecule has 0 saturated heterocycles. The number of carbonyl (C=O) groups excluding carboxylic acids is 1. The molecule has 0 aromatic rings. The van der Waals surface area contributed by atoms with Crippen molar-refractivity contribution in [3.8, 4) is 0 Å². The van der Waals surface area contributed by atoms with Crippen LogP contribution in [0.15, 0.2) is 72.9 Å². The average molecular weight is 935 g/mol. The number of nitrogens with one attached hydrogen (secondary N) is 1. The third kappa shape index (κ3) is 54.6. The number of unbranched alkanes of at least 4 members (excludes halogenated alkanes) is 37. The highest BCUT2D eigenvalue weighted by Crippen LogP contribution is 2.17. The van der Waals surface area contributed by atoms with Crippen molar-refractivity contribution in [3.63, 3.8) is 0 Å². The number of aliphatic hydroxyl groups excluding tert-OH is 2. The quantitative estimate of drug-likeness (QED) is 0.0420. The van der Waals surface area contributed by atoms with Crippen LogP contribution in [0.1, 0.15) is 303 Å². The van der Waals surface area contributed by atoms with Crippen LogP contribution < -0.4 is 5.32 Å². The van der Waals surface area contributed by atoms with Crippen molar-refractivity contribution < 1.29 is 15.0 Å². The van der Waals surface area contributed by atoms with Crippen molar-refractivity contribution in [2.24, 2.45) is 0 Å². The Morgan fingerprint density at radius 3 is 0.985 bits per heavy atom. The first-order valence-electron chi connectivity index (χ1n) is 29.7. The summed E-state index contributed by atoms with van der Waals surface area (Å²) < 4.78 is 0. The maximum Gasteiger partial charge on any atom is 0.220 e. The molecule has 0 aliphatic carbocycles. The van der Waals surface area contributed by atoms with Gasteiger partial charge in [-0.25, -0.2) is 0 Å². The molecular formula is C63H115NO3. The molecule has 0 bridgehead atoms. The van der Waals surface area contributed by atoms with Gasteiger partial charge in [-0.05, 0) is 64.2 Å². The van der Waals surface area contributed by atoms with Crippen LogP contribution in [0.2, 0.25) is 0 Å². The lowest BCUT2D eigenvalue weighted by atomic mass is 10.0. The Bertz CT molecular complexity index is 1150. The van der Waals surface area contributed by atoms with Crippen LogP contribution in [-0.2, 0) is 4.79 Å². The summed E-state index contributed by atoms with van der Waals surface area (Å²) >= 11 is 0. The lowest BCUT2D eigenvalue weighted by Crippen LogP contribution is -2.45. The molecule has 2 atom stereocenters. The largest absolute Gasteiger partial charge is 0.394 e. The summed E-state index contributed by atoms with van der Waals surface area (Å²) in [6.07, 6.45) is 83.6. The summed E-state index contributed by atoms with van der Waals surface area (Å²) in [4.78, 5) is 12.5. The molecule has 0 saturated carbocycles. The Hall–Kier alpha value is -2.17. The standard InChI is InChI=1S/C63H115NO3/c1-3-5-7-9-11-13-15-17-19-21-23-25-26-27-28-29-30-31-32-33-34-35-36-37-38-39-41-43-45-47-49-51-53-55-57-59-63(67)64-61(60-65)62(66)58-56-54-52-50-48-46-44-42-40-24-22-20-18-16-14-12-10-8-6-4-2/h5,7,11,13,17,19,23,25,27-28,56,58,61-62,65-66H,3-4,6,8-10,12,14-16,18,20-22,24,26,29-55,57,59-60H2,1-2H3,(H,64,67)/b7-5-,13-11-,19-17-,25-23-,28-27-,58-56+. The zero-order valence-corrected chi connectivity index (χ0v) is 44.9. The van der Waals surface area contributed by atoms with E-state index in [9.17, 15) is 15.0 Å². The Morgan fingerprint density at radius 1 is 0.373 bits per heavy atom. The Morgan fingerprint density at radius 2 is 0.657 bits per heavy atom. The summed E-state index contributed by atoms with van der Waals surface area (Å²) in [5, 5.41) is 23.2. The fourth-order valence-electron chi connectivity index (χ4n) is 8.97. The molecule has 0 spiro atoms. The summed E-state index contributed by atoms with van der Waals surface area (Å²) in [7, 11) is 0. The first kappa shape index (κ1) is 64.8. The van der Waals surface area contributed by atoms with E-state index in [4.69, 9.17) is 0 Å². The predicted octanol–water partition coefficient (Wildman–Crippen LogP) is 19.8. The smallest absolute Gasteiger partial charge is 0.220 e. The van der Waals surface area contributed by atoms with Crippen molar-refractivity contribution in [1.82, 2.24) is 5.32 Å². The van der Waals surface area contributed by atoms with E-state index in [-0.39, 0.29) is 12.5 Å². The van der Waals surface area contributed by atoms with Gasteiger partial charge in [-0.2, -0.15) is 0 Å². The fraction of sp³-hybridized carbons (Fsp3) is 0.794. The van der Waals surface area contributed by atoms with E-state index >= 15 is 0 Å². The molecule has 0 aliphatic rings. The Kier molecular flexibility index (Phi) is 56.3. The fourth-order valence-corrected chi connectivity index (χ4v) is 8.97. The third-order valence-electron chi connectivity index (χ3n) is 13.4. The number of hydrogen-bond donors (Lipinski definition) is 3. The van der Waals surface area contributed by atoms with Crippen LogP contribution >= 0.6 is 0 Å². The molecule has 67 heavy (non-hydrogen) atoms. The van der Waals surface area contributed by atoms with Crippen molar-refractivity contribution in [2.75, 3.05) is 6.61 Å². The molecule has 4 nitrogen and oxygen atoms in total. The molecule has 0 rings (SSSR count). The van der Waals surface area contributed by atoms with Crippen LogP contribution in [0, 0.1) is 0 Å². The first-order valence-corrected chi connectivity index (χ1v) is 29.7. The zero-order chi connectivity index (χ0) is 48.5. The third-order valence-corrected chi connectivity index (χ3v) is 13.4. The van der Waals surface area contributed by atoms with E-state index in [0.717, 1.165) is 57.8 Å². The van der Waals surface area contributed by atoms with Gasteiger partial charge in [0.15, 0.2) is 0 Å². The highest BCUT2D eigenvalue weighted by Gasteiger charge is 2.18. The number of amides is 1. The van der Waals surface area contributed by atoms with Gasteiger partial charge in [-0.15, -0.1) is 0 Å². The van der Waals surface area contributed by atoms with Gasteiger partial charge in [0.1, 0.15) is 0 Å². The Balaban J connectivity index is 3.47. The van der Waals surface area contributed by atoms with E-state index in [0.29, 0.717) is 6.42 Å². The molecule has 390 valence electrons. The molecule has 0 heterocycles. The number of carbonyl (C=O) groups is 1. The van der Waals surface area contributed by atoms with E-state index in [2.05, 4.69) is 79.9 Å². The molecule has 1 amide bonds. The molecule has 2 unspecified atom stereocenters. The Labute approximate surface area is 419 Å². The number of hydrogen-bond acceptors (Lipinski definition) is 3. The molecule has 0 radical (unpaired) electrons. The summed E-state index contributed by atoms with van der Waals surface area (Å²) in [5.74, 6) is -0.0607. The SMILES string of the molecule is CC/C=C\C/C=C\C/C=C\C/C=C\C/C=C\CCCCCCCCCCCCCCCCCCCCCC(=O)NC(CO)C(O)/C=C/CCCCCCCCCCCCCCCCCCCC. The molecular weight excluding hydrogens is 819 g/mol. The van der Waals surface area contributed by atoms with E-state index in [1.54, 1.807) is 6.08 Å². The number of allylic oxidation sites excluding steroid dienone is 11. The van der Waals surface area contributed by atoms with Crippen LogP contribution in [0.5, 0.6) is 0 Å². The monoisotopic (exact) mass is 934 g/mol. The second kappa shape index (κ2) is 58.1. The minimum Gasteiger partial charge on any atom is -0.394 e. The topological polar surface area (TPSA) is 69.6 Å². The number of aliphatic hydroxyl groups is 2. The molecule has 4 heteroatoms. The van der Waals surface area contributed by atoms with Gasteiger partial charge in [-0.3, -0.25) is 4.79 Å². The van der Waals surface area contributed by atoms with Gasteiger partial charge in [-0.1, -0.05) is 305 Å². The lowest BCUT2D eigenvalue weighted by molar-refractivity contribution is -0.123. The van der Waals surface area contributed by atoms with Crippen molar-refractivity contribution in [3.05, 3.63) is 72.9 Å². The number of rotatable bonds is 54. The minimum absolute atomic E-state index is 0.0607. The molecule has 0 aromatic heterocycles. The van der Waals surface area contributed by atoms with E-state index in [1.165, 1.54) is 225 Å². The van der Waals surface area contributed by atoms with Gasteiger partial charge in [0.25, 0.3) is 0 Å². The second-order valence-corrected chi connectivity index (χ2v) is 20.0.